The van der Waals surface area contributed by atoms with E-state index in [2.05, 4.69) is 13.2 Å². The lowest BCUT2D eigenvalue weighted by atomic mass is 9.99. The summed E-state index contributed by atoms with van der Waals surface area (Å²) in [6, 6.07) is 0. The third-order valence-corrected chi connectivity index (χ3v) is 2.87. The smallest absolute Gasteiger partial charge is 0.245 e. The molecule has 0 aliphatic carbocycles. The van der Waals surface area contributed by atoms with Crippen LogP contribution in [0.25, 0.3) is 0 Å². The molecule has 17 heavy (non-hydrogen) atoms. The normalized spacial score (nSPS) is 11.6. The summed E-state index contributed by atoms with van der Waals surface area (Å²) in [6.07, 6.45) is 6.61. The number of amides is 1. The number of allylic oxidation sites excluding steroid dienone is 1. The standard InChI is InChI=1S/C14H23NO2/c1-5-13(16)12(3)10-8-7-9-11-15(4)14(17)6-2/h5-6,12H,1-2,7-11H2,3-4H3. The second-order valence-corrected chi connectivity index (χ2v) is 4.32. The average molecular weight is 237 g/mol. The number of hydrogen-bond donors (Lipinski definition) is 0. The van der Waals surface area contributed by atoms with Crippen molar-refractivity contribution in [3.05, 3.63) is 25.3 Å². The lowest BCUT2D eigenvalue weighted by Crippen LogP contribution is -2.25. The highest BCUT2D eigenvalue weighted by Crippen LogP contribution is 2.11. The van der Waals surface area contributed by atoms with E-state index < -0.39 is 0 Å². The Kier molecular flexibility index (Phi) is 8.03. The summed E-state index contributed by atoms with van der Waals surface area (Å²) in [7, 11) is 1.77. The van der Waals surface area contributed by atoms with Gasteiger partial charge in [0.15, 0.2) is 5.78 Å². The molecular formula is C14H23NO2. The van der Waals surface area contributed by atoms with Gasteiger partial charge in [0.05, 0.1) is 0 Å². The Hall–Kier alpha value is -1.38. The van der Waals surface area contributed by atoms with Gasteiger partial charge in [-0.25, -0.2) is 0 Å². The van der Waals surface area contributed by atoms with E-state index in [9.17, 15) is 9.59 Å². The minimum absolute atomic E-state index is 0.0415. The SMILES string of the molecule is C=CC(=O)C(C)CCCCCN(C)C(=O)C=C. The minimum Gasteiger partial charge on any atom is -0.342 e. The Balaban J connectivity index is 3.59. The lowest BCUT2D eigenvalue weighted by molar-refractivity contribution is -0.124. The second-order valence-electron chi connectivity index (χ2n) is 4.32. The first-order valence-electron chi connectivity index (χ1n) is 6.06. The fourth-order valence-electron chi connectivity index (χ4n) is 1.59. The van der Waals surface area contributed by atoms with Crippen molar-refractivity contribution in [1.29, 1.82) is 0 Å². The molecule has 0 radical (unpaired) electrons. The number of rotatable bonds is 9. The van der Waals surface area contributed by atoms with Gasteiger partial charge in [0.1, 0.15) is 0 Å². The van der Waals surface area contributed by atoms with Crippen molar-refractivity contribution in [2.45, 2.75) is 32.6 Å². The summed E-state index contributed by atoms with van der Waals surface area (Å²) < 4.78 is 0. The van der Waals surface area contributed by atoms with Gasteiger partial charge in [0.25, 0.3) is 0 Å². The van der Waals surface area contributed by atoms with E-state index in [-0.39, 0.29) is 17.6 Å². The molecule has 1 atom stereocenters. The van der Waals surface area contributed by atoms with Crippen LogP contribution in [0.5, 0.6) is 0 Å². The highest BCUT2D eigenvalue weighted by Gasteiger charge is 2.08. The van der Waals surface area contributed by atoms with Crippen LogP contribution in [0.2, 0.25) is 0 Å². The van der Waals surface area contributed by atoms with Crippen LogP contribution in [0.3, 0.4) is 0 Å². The van der Waals surface area contributed by atoms with Crippen molar-refractivity contribution in [1.82, 2.24) is 4.90 Å². The van der Waals surface area contributed by atoms with E-state index in [0.29, 0.717) is 0 Å². The van der Waals surface area contributed by atoms with Crippen LogP contribution in [-0.2, 0) is 9.59 Å². The summed E-state index contributed by atoms with van der Waals surface area (Å²) in [5, 5.41) is 0. The molecule has 0 bridgehead atoms. The molecule has 0 fully saturated rings. The van der Waals surface area contributed by atoms with Gasteiger partial charge in [-0.2, -0.15) is 0 Å². The molecule has 1 amide bonds. The Morgan fingerprint density at radius 3 is 2.35 bits per heavy atom. The van der Waals surface area contributed by atoms with Gasteiger partial charge in [-0.3, -0.25) is 9.59 Å². The van der Waals surface area contributed by atoms with Gasteiger partial charge in [-0.05, 0) is 25.0 Å². The molecule has 0 N–H and O–H groups in total. The zero-order valence-corrected chi connectivity index (χ0v) is 10.9. The van der Waals surface area contributed by atoms with E-state index in [0.717, 1.165) is 32.2 Å². The van der Waals surface area contributed by atoms with Crippen LogP contribution in [0.15, 0.2) is 25.3 Å². The van der Waals surface area contributed by atoms with Crippen LogP contribution in [-0.4, -0.2) is 30.2 Å². The summed E-state index contributed by atoms with van der Waals surface area (Å²) in [5.41, 5.74) is 0. The molecule has 0 heterocycles. The average Bonchev–Trinajstić information content (AvgIpc) is 2.35. The fraction of sp³-hybridized carbons (Fsp3) is 0.571. The minimum atomic E-state index is -0.0415. The number of hydrogen-bond acceptors (Lipinski definition) is 2. The molecule has 0 aromatic carbocycles. The largest absolute Gasteiger partial charge is 0.342 e. The zero-order valence-electron chi connectivity index (χ0n) is 10.9. The quantitative estimate of drug-likeness (QED) is 0.456. The summed E-state index contributed by atoms with van der Waals surface area (Å²) in [4.78, 5) is 24.1. The van der Waals surface area contributed by atoms with Crippen molar-refractivity contribution in [2.24, 2.45) is 5.92 Å². The lowest BCUT2D eigenvalue weighted by Gasteiger charge is -2.14. The van der Waals surface area contributed by atoms with E-state index >= 15 is 0 Å². The molecule has 3 heteroatoms. The third-order valence-electron chi connectivity index (χ3n) is 2.87. The molecule has 0 saturated heterocycles. The van der Waals surface area contributed by atoms with Gasteiger partial charge < -0.3 is 4.90 Å². The summed E-state index contributed by atoms with van der Waals surface area (Å²) in [6.45, 7) is 9.59. The van der Waals surface area contributed by atoms with Crippen LogP contribution in [0.4, 0.5) is 0 Å². The Morgan fingerprint density at radius 1 is 1.18 bits per heavy atom. The Bertz CT molecular complexity index is 256. The van der Waals surface area contributed by atoms with Crippen molar-refractivity contribution >= 4 is 11.7 Å². The summed E-state index contributed by atoms with van der Waals surface area (Å²) in [5.74, 6) is 0.143. The molecule has 0 aromatic rings. The Labute approximate surface area is 104 Å². The van der Waals surface area contributed by atoms with Crippen molar-refractivity contribution in [2.75, 3.05) is 13.6 Å². The first kappa shape index (κ1) is 15.6. The molecule has 0 rings (SSSR count). The highest BCUT2D eigenvalue weighted by atomic mass is 16.2. The van der Waals surface area contributed by atoms with Gasteiger partial charge in [0.2, 0.25) is 5.91 Å². The van der Waals surface area contributed by atoms with Gasteiger partial charge in [-0.15, -0.1) is 0 Å². The van der Waals surface area contributed by atoms with Crippen LogP contribution >= 0.6 is 0 Å². The number of likely N-dealkylation sites (N-methyl/N-ethyl adjacent to an activating group) is 1. The van der Waals surface area contributed by atoms with E-state index in [1.54, 1.807) is 11.9 Å². The molecule has 1 unspecified atom stereocenters. The number of ketones is 1. The fourth-order valence-corrected chi connectivity index (χ4v) is 1.59. The van der Waals surface area contributed by atoms with Crippen molar-refractivity contribution in [3.63, 3.8) is 0 Å². The zero-order chi connectivity index (χ0) is 13.3. The van der Waals surface area contributed by atoms with Gasteiger partial charge in [-0.1, -0.05) is 32.9 Å². The molecule has 0 spiro atoms. The molecule has 0 aliphatic heterocycles. The molecule has 0 saturated carbocycles. The summed E-state index contributed by atoms with van der Waals surface area (Å²) >= 11 is 0. The number of nitrogens with zero attached hydrogens (tertiary/aromatic N) is 1. The van der Waals surface area contributed by atoms with E-state index in [1.165, 1.54) is 12.2 Å². The van der Waals surface area contributed by atoms with E-state index in [1.807, 2.05) is 6.92 Å². The molecule has 96 valence electrons. The Morgan fingerprint density at radius 2 is 1.82 bits per heavy atom. The number of carbonyl (C=O) groups is 2. The molecule has 0 aliphatic rings. The van der Waals surface area contributed by atoms with Crippen LogP contribution in [0, 0.1) is 5.92 Å². The van der Waals surface area contributed by atoms with Crippen LogP contribution < -0.4 is 0 Å². The van der Waals surface area contributed by atoms with Crippen LogP contribution in [0.1, 0.15) is 32.6 Å². The highest BCUT2D eigenvalue weighted by molar-refractivity contribution is 5.90. The van der Waals surface area contributed by atoms with Crippen molar-refractivity contribution in [3.8, 4) is 0 Å². The second kappa shape index (κ2) is 8.74. The van der Waals surface area contributed by atoms with Gasteiger partial charge >= 0.3 is 0 Å². The van der Waals surface area contributed by atoms with Crippen molar-refractivity contribution < 1.29 is 9.59 Å². The van der Waals surface area contributed by atoms with Gasteiger partial charge in [0, 0.05) is 19.5 Å². The van der Waals surface area contributed by atoms with E-state index in [4.69, 9.17) is 0 Å². The maximum atomic E-state index is 11.2. The maximum absolute atomic E-state index is 11.2. The first-order chi connectivity index (χ1) is 8.02. The molecular weight excluding hydrogens is 214 g/mol. The third kappa shape index (κ3) is 6.72. The number of carbonyl (C=O) groups excluding carboxylic acids is 2. The topological polar surface area (TPSA) is 37.4 Å². The molecule has 0 aromatic heterocycles. The number of unbranched alkanes of at least 4 members (excludes halogenated alkanes) is 2. The maximum Gasteiger partial charge on any atom is 0.245 e. The first-order valence-corrected chi connectivity index (χ1v) is 6.06. The predicted molar refractivity (Wildman–Crippen MR) is 70.7 cm³/mol. The predicted octanol–water partition coefficient (Wildman–Crippen LogP) is 2.58. The molecule has 3 nitrogen and oxygen atoms in total. The monoisotopic (exact) mass is 237 g/mol.